The molecule has 3 amide bonds. The molecule has 1 saturated carbocycles. The van der Waals surface area contributed by atoms with E-state index in [0.717, 1.165) is 0 Å². The summed E-state index contributed by atoms with van der Waals surface area (Å²) in [6.07, 6.45) is 0.427. The van der Waals surface area contributed by atoms with E-state index in [0.29, 0.717) is 17.8 Å². The minimum atomic E-state index is -0.512. The Labute approximate surface area is 149 Å². The van der Waals surface area contributed by atoms with Gasteiger partial charge in [-0.15, -0.1) is 0 Å². The van der Waals surface area contributed by atoms with Gasteiger partial charge in [-0.2, -0.15) is 0 Å². The molecule has 7 heteroatoms. The number of hydrogen-bond acceptors (Lipinski definition) is 3. The highest BCUT2D eigenvalue weighted by Crippen LogP contribution is 2.40. The topological polar surface area (TPSA) is 87.3 Å². The molecule has 0 heterocycles. The Morgan fingerprint density at radius 2 is 1.38 bits per heavy atom. The van der Waals surface area contributed by atoms with Gasteiger partial charge in [0.2, 0.25) is 17.7 Å². The highest BCUT2D eigenvalue weighted by atomic mass is 19.1. The maximum absolute atomic E-state index is 13.6. The number of para-hydroxylation sites is 1. The number of carbonyl (C=O) groups is 3. The largest absolute Gasteiger partial charge is 0.326 e. The van der Waals surface area contributed by atoms with Crippen molar-refractivity contribution in [3.05, 3.63) is 54.3 Å². The van der Waals surface area contributed by atoms with Crippen molar-refractivity contribution in [1.29, 1.82) is 0 Å². The first kappa shape index (κ1) is 17.6. The Balaban J connectivity index is 1.53. The van der Waals surface area contributed by atoms with Gasteiger partial charge in [-0.25, -0.2) is 4.39 Å². The standard InChI is InChI=1S/C19H18FN3O3/c1-11(24)21-12-6-8-13(9-7-12)22-18(25)14-10-15(14)19(26)23-17-5-3-2-4-16(17)20/h2-9,14-15H,10H2,1H3,(H,21,24)(H,22,25)(H,23,26). The van der Waals surface area contributed by atoms with Gasteiger partial charge >= 0.3 is 0 Å². The lowest BCUT2D eigenvalue weighted by Crippen LogP contribution is -2.21. The van der Waals surface area contributed by atoms with Crippen LogP contribution in [0.3, 0.4) is 0 Å². The second-order valence-corrected chi connectivity index (χ2v) is 6.17. The molecule has 0 spiro atoms. The second-order valence-electron chi connectivity index (χ2n) is 6.17. The normalized spacial score (nSPS) is 17.9. The number of hydrogen-bond donors (Lipinski definition) is 3. The van der Waals surface area contributed by atoms with Gasteiger partial charge in [-0.1, -0.05) is 12.1 Å². The zero-order chi connectivity index (χ0) is 18.7. The third-order valence-corrected chi connectivity index (χ3v) is 4.07. The fourth-order valence-electron chi connectivity index (χ4n) is 2.64. The van der Waals surface area contributed by atoms with E-state index in [1.165, 1.54) is 25.1 Å². The van der Waals surface area contributed by atoms with Crippen LogP contribution in [0.1, 0.15) is 13.3 Å². The Morgan fingerprint density at radius 3 is 1.96 bits per heavy atom. The number of anilines is 3. The van der Waals surface area contributed by atoms with E-state index in [1.54, 1.807) is 30.3 Å². The molecule has 26 heavy (non-hydrogen) atoms. The van der Waals surface area contributed by atoms with E-state index in [1.807, 2.05) is 0 Å². The van der Waals surface area contributed by atoms with Gasteiger partial charge < -0.3 is 16.0 Å². The van der Waals surface area contributed by atoms with Gasteiger partial charge in [0, 0.05) is 18.3 Å². The van der Waals surface area contributed by atoms with Crippen molar-refractivity contribution in [1.82, 2.24) is 0 Å². The smallest absolute Gasteiger partial charge is 0.228 e. The van der Waals surface area contributed by atoms with Gasteiger partial charge in [0.15, 0.2) is 0 Å². The Kier molecular flexibility index (Phi) is 4.97. The Morgan fingerprint density at radius 1 is 0.846 bits per heavy atom. The summed E-state index contributed by atoms with van der Waals surface area (Å²) in [5.74, 6) is -2.21. The molecule has 3 N–H and O–H groups in total. The van der Waals surface area contributed by atoms with Crippen molar-refractivity contribution in [3.8, 4) is 0 Å². The summed E-state index contributed by atoms with van der Waals surface area (Å²) in [6.45, 7) is 1.41. The number of amides is 3. The van der Waals surface area contributed by atoms with Gasteiger partial charge in [0.1, 0.15) is 5.82 Å². The number of rotatable bonds is 5. The SMILES string of the molecule is CC(=O)Nc1ccc(NC(=O)C2CC2C(=O)Nc2ccccc2F)cc1. The predicted octanol–water partition coefficient (Wildman–Crippen LogP) is 3.00. The van der Waals surface area contributed by atoms with Gasteiger partial charge in [-0.05, 0) is 42.8 Å². The monoisotopic (exact) mass is 355 g/mol. The summed E-state index contributed by atoms with van der Waals surface area (Å²) in [6, 6.07) is 12.6. The number of halogens is 1. The molecule has 1 aliphatic carbocycles. The van der Waals surface area contributed by atoms with Crippen molar-refractivity contribution in [2.24, 2.45) is 11.8 Å². The van der Waals surface area contributed by atoms with E-state index >= 15 is 0 Å². The fraction of sp³-hybridized carbons (Fsp3) is 0.211. The summed E-state index contributed by atoms with van der Waals surface area (Å²) in [7, 11) is 0. The molecule has 134 valence electrons. The molecule has 2 aromatic rings. The zero-order valence-corrected chi connectivity index (χ0v) is 14.1. The minimum Gasteiger partial charge on any atom is -0.326 e. The van der Waals surface area contributed by atoms with Crippen LogP contribution >= 0.6 is 0 Å². The molecule has 0 aromatic heterocycles. The quantitative estimate of drug-likeness (QED) is 0.770. The van der Waals surface area contributed by atoms with Crippen LogP contribution in [0.25, 0.3) is 0 Å². The molecule has 2 unspecified atom stereocenters. The van der Waals surface area contributed by atoms with Gasteiger partial charge in [0.05, 0.1) is 17.5 Å². The van der Waals surface area contributed by atoms with Gasteiger partial charge in [-0.3, -0.25) is 14.4 Å². The van der Waals surface area contributed by atoms with Crippen LogP contribution in [-0.2, 0) is 14.4 Å². The van der Waals surface area contributed by atoms with E-state index in [9.17, 15) is 18.8 Å². The summed E-state index contributed by atoms with van der Waals surface area (Å²) < 4.78 is 13.6. The number of nitrogens with one attached hydrogen (secondary N) is 3. The molecular weight excluding hydrogens is 337 g/mol. The Hall–Kier alpha value is -3.22. The minimum absolute atomic E-state index is 0.108. The zero-order valence-electron chi connectivity index (χ0n) is 14.1. The van der Waals surface area contributed by atoms with E-state index in [4.69, 9.17) is 0 Å². The molecule has 1 aliphatic rings. The summed E-state index contributed by atoms with van der Waals surface area (Å²) in [5.41, 5.74) is 1.31. The maximum atomic E-state index is 13.6. The molecule has 2 atom stereocenters. The van der Waals surface area contributed by atoms with Gasteiger partial charge in [0.25, 0.3) is 0 Å². The number of carbonyl (C=O) groups excluding carboxylic acids is 3. The molecule has 0 aliphatic heterocycles. The summed E-state index contributed by atoms with van der Waals surface area (Å²) in [4.78, 5) is 35.4. The summed E-state index contributed by atoms with van der Waals surface area (Å²) in [5, 5.41) is 7.89. The van der Waals surface area contributed by atoms with Crippen LogP contribution < -0.4 is 16.0 Å². The lowest BCUT2D eigenvalue weighted by Gasteiger charge is -2.08. The molecule has 0 saturated heterocycles. The van der Waals surface area contributed by atoms with Crippen LogP contribution in [0, 0.1) is 17.7 Å². The molecule has 6 nitrogen and oxygen atoms in total. The molecular formula is C19H18FN3O3. The highest BCUT2D eigenvalue weighted by molar-refractivity contribution is 6.03. The molecule has 1 fully saturated rings. The van der Waals surface area contributed by atoms with Crippen molar-refractivity contribution >= 4 is 34.8 Å². The number of benzene rings is 2. The average molecular weight is 355 g/mol. The lowest BCUT2D eigenvalue weighted by atomic mass is 10.2. The van der Waals surface area contributed by atoms with E-state index in [2.05, 4.69) is 16.0 Å². The Bertz CT molecular complexity index is 851. The third-order valence-electron chi connectivity index (χ3n) is 4.07. The van der Waals surface area contributed by atoms with Crippen molar-refractivity contribution < 1.29 is 18.8 Å². The van der Waals surface area contributed by atoms with Crippen molar-refractivity contribution in [2.75, 3.05) is 16.0 Å². The highest BCUT2D eigenvalue weighted by Gasteiger charge is 2.48. The van der Waals surface area contributed by atoms with Crippen LogP contribution in [-0.4, -0.2) is 17.7 Å². The molecule has 0 radical (unpaired) electrons. The van der Waals surface area contributed by atoms with Crippen LogP contribution in [0.5, 0.6) is 0 Å². The fourth-order valence-corrected chi connectivity index (χ4v) is 2.64. The van der Waals surface area contributed by atoms with E-state index < -0.39 is 17.7 Å². The molecule has 3 rings (SSSR count). The van der Waals surface area contributed by atoms with Crippen LogP contribution in [0.4, 0.5) is 21.5 Å². The van der Waals surface area contributed by atoms with Crippen molar-refractivity contribution in [2.45, 2.75) is 13.3 Å². The first-order valence-electron chi connectivity index (χ1n) is 8.18. The molecule has 0 bridgehead atoms. The van der Waals surface area contributed by atoms with Crippen LogP contribution in [0.2, 0.25) is 0 Å². The van der Waals surface area contributed by atoms with Crippen LogP contribution in [0.15, 0.2) is 48.5 Å². The maximum Gasteiger partial charge on any atom is 0.228 e. The lowest BCUT2D eigenvalue weighted by molar-refractivity contribution is -0.122. The second kappa shape index (κ2) is 7.35. The average Bonchev–Trinajstić information content (AvgIpc) is 3.39. The first-order chi connectivity index (χ1) is 12.4. The third kappa shape index (κ3) is 4.24. The molecule has 2 aromatic carbocycles. The first-order valence-corrected chi connectivity index (χ1v) is 8.18. The van der Waals surface area contributed by atoms with Crippen molar-refractivity contribution in [3.63, 3.8) is 0 Å². The van der Waals surface area contributed by atoms with E-state index in [-0.39, 0.29) is 23.4 Å². The summed E-state index contributed by atoms with van der Waals surface area (Å²) >= 11 is 0. The predicted molar refractivity (Wildman–Crippen MR) is 96.0 cm³/mol.